The van der Waals surface area contributed by atoms with Gasteiger partial charge >= 0.3 is 0 Å². The van der Waals surface area contributed by atoms with Gasteiger partial charge in [0.1, 0.15) is 5.82 Å². The molecule has 1 aromatic carbocycles. The number of halogens is 1. The molecule has 82 valence electrons. The van der Waals surface area contributed by atoms with Gasteiger partial charge in [-0.05, 0) is 31.0 Å². The number of nitrogens with one attached hydrogen (secondary N) is 1. The fraction of sp³-hybridized carbons (Fsp3) is 0.364. The Morgan fingerprint density at radius 2 is 2.27 bits per heavy atom. The molecule has 0 aliphatic rings. The molecule has 15 heavy (non-hydrogen) atoms. The fourth-order valence-electron chi connectivity index (χ4n) is 1.10. The van der Waals surface area contributed by atoms with Gasteiger partial charge in [0, 0.05) is 6.54 Å². The number of hydrogen-bond donors (Lipinski definition) is 2. The highest BCUT2D eigenvalue weighted by molar-refractivity contribution is 5.80. The van der Waals surface area contributed by atoms with E-state index in [1.54, 1.807) is 26.0 Å². The topological polar surface area (TPSA) is 55.1 Å². The Hall–Kier alpha value is -1.42. The van der Waals surface area contributed by atoms with E-state index < -0.39 is 6.04 Å². The molecule has 0 aliphatic carbocycles. The lowest BCUT2D eigenvalue weighted by molar-refractivity contribution is -0.122. The average Bonchev–Trinajstić information content (AvgIpc) is 2.19. The molecular weight excluding hydrogens is 195 g/mol. The summed E-state index contributed by atoms with van der Waals surface area (Å²) in [6.45, 7) is 3.60. The van der Waals surface area contributed by atoms with Crippen LogP contribution in [0.5, 0.6) is 0 Å². The van der Waals surface area contributed by atoms with Crippen LogP contribution in [-0.2, 0) is 11.3 Å². The normalized spacial score (nSPS) is 12.3. The Bertz CT molecular complexity index is 364. The molecule has 3 N–H and O–H groups in total. The molecule has 1 aromatic rings. The third-order valence-electron chi connectivity index (χ3n) is 2.12. The highest BCUT2D eigenvalue weighted by atomic mass is 19.1. The van der Waals surface area contributed by atoms with Crippen LogP contribution in [0.15, 0.2) is 18.2 Å². The van der Waals surface area contributed by atoms with Gasteiger partial charge in [0.05, 0.1) is 6.04 Å². The van der Waals surface area contributed by atoms with E-state index in [1.807, 2.05) is 0 Å². The Kier molecular flexibility index (Phi) is 3.80. The maximum absolute atomic E-state index is 13.1. The van der Waals surface area contributed by atoms with Gasteiger partial charge in [-0.25, -0.2) is 4.39 Å². The molecule has 0 radical (unpaired) electrons. The Morgan fingerprint density at radius 1 is 1.60 bits per heavy atom. The molecule has 0 aliphatic heterocycles. The second-order valence-corrected chi connectivity index (χ2v) is 3.59. The molecule has 1 amide bonds. The summed E-state index contributed by atoms with van der Waals surface area (Å²) in [5.41, 5.74) is 6.69. The first kappa shape index (κ1) is 11.7. The van der Waals surface area contributed by atoms with E-state index in [1.165, 1.54) is 6.07 Å². The van der Waals surface area contributed by atoms with Crippen molar-refractivity contribution in [2.75, 3.05) is 0 Å². The van der Waals surface area contributed by atoms with E-state index in [0.717, 1.165) is 5.56 Å². The van der Waals surface area contributed by atoms with E-state index in [2.05, 4.69) is 5.32 Å². The van der Waals surface area contributed by atoms with Crippen LogP contribution in [0.2, 0.25) is 0 Å². The van der Waals surface area contributed by atoms with Crippen LogP contribution in [0.3, 0.4) is 0 Å². The summed E-state index contributed by atoms with van der Waals surface area (Å²) in [7, 11) is 0. The molecule has 4 heteroatoms. The van der Waals surface area contributed by atoms with Crippen LogP contribution in [0, 0.1) is 12.7 Å². The zero-order valence-electron chi connectivity index (χ0n) is 8.88. The van der Waals surface area contributed by atoms with Crippen molar-refractivity contribution in [1.29, 1.82) is 0 Å². The first-order chi connectivity index (χ1) is 7.00. The maximum Gasteiger partial charge on any atom is 0.236 e. The minimum atomic E-state index is -0.541. The molecule has 3 nitrogen and oxygen atoms in total. The molecule has 0 saturated carbocycles. The Morgan fingerprint density at radius 3 is 2.80 bits per heavy atom. The molecule has 0 bridgehead atoms. The minimum absolute atomic E-state index is 0.240. The lowest BCUT2D eigenvalue weighted by atomic mass is 10.1. The van der Waals surface area contributed by atoms with E-state index in [4.69, 9.17) is 5.73 Å². The van der Waals surface area contributed by atoms with Gasteiger partial charge in [-0.1, -0.05) is 12.1 Å². The highest BCUT2D eigenvalue weighted by Crippen LogP contribution is 2.08. The van der Waals surface area contributed by atoms with E-state index >= 15 is 0 Å². The summed E-state index contributed by atoms with van der Waals surface area (Å²) in [6.07, 6.45) is 0. The largest absolute Gasteiger partial charge is 0.351 e. The lowest BCUT2D eigenvalue weighted by Gasteiger charge is -2.08. The van der Waals surface area contributed by atoms with Gasteiger partial charge in [-0.15, -0.1) is 0 Å². The molecule has 0 fully saturated rings. The first-order valence-electron chi connectivity index (χ1n) is 4.79. The van der Waals surface area contributed by atoms with Crippen molar-refractivity contribution in [3.8, 4) is 0 Å². The summed E-state index contributed by atoms with van der Waals surface area (Å²) in [5, 5.41) is 2.61. The highest BCUT2D eigenvalue weighted by Gasteiger charge is 2.06. The van der Waals surface area contributed by atoms with E-state index in [-0.39, 0.29) is 11.7 Å². The summed E-state index contributed by atoms with van der Waals surface area (Å²) >= 11 is 0. The zero-order chi connectivity index (χ0) is 11.4. The number of amides is 1. The quantitative estimate of drug-likeness (QED) is 0.784. The molecule has 1 atom stereocenters. The van der Waals surface area contributed by atoms with Crippen molar-refractivity contribution in [2.24, 2.45) is 5.73 Å². The lowest BCUT2D eigenvalue weighted by Crippen LogP contribution is -2.37. The molecule has 0 saturated heterocycles. The van der Waals surface area contributed by atoms with Gasteiger partial charge in [0.25, 0.3) is 0 Å². The van der Waals surface area contributed by atoms with Crippen LogP contribution in [0.25, 0.3) is 0 Å². The van der Waals surface area contributed by atoms with Crippen molar-refractivity contribution in [1.82, 2.24) is 5.32 Å². The second kappa shape index (κ2) is 4.89. The molecule has 0 aromatic heterocycles. The van der Waals surface area contributed by atoms with Gasteiger partial charge in [-0.3, -0.25) is 4.79 Å². The summed E-state index contributed by atoms with van der Waals surface area (Å²) < 4.78 is 13.1. The zero-order valence-corrected chi connectivity index (χ0v) is 8.88. The van der Waals surface area contributed by atoms with Crippen molar-refractivity contribution < 1.29 is 9.18 Å². The molecule has 1 rings (SSSR count). The number of benzene rings is 1. The monoisotopic (exact) mass is 210 g/mol. The van der Waals surface area contributed by atoms with Crippen LogP contribution in [0.1, 0.15) is 18.1 Å². The fourth-order valence-corrected chi connectivity index (χ4v) is 1.10. The van der Waals surface area contributed by atoms with E-state index in [0.29, 0.717) is 12.1 Å². The van der Waals surface area contributed by atoms with Crippen LogP contribution >= 0.6 is 0 Å². The standard InChI is InChI=1S/C11H15FN2O/c1-7-3-4-9(5-10(7)12)6-14-11(15)8(2)13/h3-5,8H,6,13H2,1-2H3,(H,14,15)/t8-/m1/s1. The van der Waals surface area contributed by atoms with Gasteiger partial charge in [-0.2, -0.15) is 0 Å². The number of aryl methyl sites for hydroxylation is 1. The Balaban J connectivity index is 2.58. The third kappa shape index (κ3) is 3.32. The van der Waals surface area contributed by atoms with Crippen LogP contribution in [0.4, 0.5) is 4.39 Å². The molecule has 0 unspecified atom stereocenters. The van der Waals surface area contributed by atoms with Crippen molar-refractivity contribution >= 4 is 5.91 Å². The third-order valence-corrected chi connectivity index (χ3v) is 2.12. The molecule has 0 heterocycles. The summed E-state index contributed by atoms with van der Waals surface area (Å²) in [6, 6.07) is 4.33. The number of carbonyl (C=O) groups is 1. The number of nitrogens with two attached hydrogens (primary N) is 1. The summed E-state index contributed by atoms with van der Waals surface area (Å²) in [4.78, 5) is 11.1. The Labute approximate surface area is 88.5 Å². The molecular formula is C11H15FN2O. The average molecular weight is 210 g/mol. The maximum atomic E-state index is 13.1. The number of carbonyl (C=O) groups excluding carboxylic acids is 1. The summed E-state index contributed by atoms with van der Waals surface area (Å²) in [5.74, 6) is -0.501. The van der Waals surface area contributed by atoms with Gasteiger partial charge in [0.15, 0.2) is 0 Å². The SMILES string of the molecule is Cc1ccc(CNC(=O)[C@@H](C)N)cc1F. The van der Waals surface area contributed by atoms with Gasteiger partial charge in [0.2, 0.25) is 5.91 Å². The molecule has 0 spiro atoms. The van der Waals surface area contributed by atoms with Crippen molar-refractivity contribution in [3.63, 3.8) is 0 Å². The predicted octanol–water partition coefficient (Wildman–Crippen LogP) is 1.10. The number of hydrogen-bond acceptors (Lipinski definition) is 2. The predicted molar refractivity (Wildman–Crippen MR) is 56.6 cm³/mol. The van der Waals surface area contributed by atoms with Crippen molar-refractivity contribution in [3.05, 3.63) is 35.1 Å². The smallest absolute Gasteiger partial charge is 0.236 e. The van der Waals surface area contributed by atoms with Crippen molar-refractivity contribution in [2.45, 2.75) is 26.4 Å². The van der Waals surface area contributed by atoms with E-state index in [9.17, 15) is 9.18 Å². The first-order valence-corrected chi connectivity index (χ1v) is 4.79. The minimum Gasteiger partial charge on any atom is -0.351 e. The number of rotatable bonds is 3. The second-order valence-electron chi connectivity index (χ2n) is 3.59. The van der Waals surface area contributed by atoms with Crippen LogP contribution < -0.4 is 11.1 Å². The van der Waals surface area contributed by atoms with Crippen LogP contribution in [-0.4, -0.2) is 11.9 Å². The van der Waals surface area contributed by atoms with Gasteiger partial charge < -0.3 is 11.1 Å².